The van der Waals surface area contributed by atoms with Crippen molar-refractivity contribution >= 4 is 34.6 Å². The molecule has 7 nitrogen and oxygen atoms in total. The number of pyridine rings is 1. The van der Waals surface area contributed by atoms with E-state index in [-0.39, 0.29) is 16.6 Å². The molecule has 0 saturated carbocycles. The van der Waals surface area contributed by atoms with Crippen molar-refractivity contribution in [3.8, 4) is 17.2 Å². The summed E-state index contributed by atoms with van der Waals surface area (Å²) in [7, 11) is 0. The third-order valence-electron chi connectivity index (χ3n) is 8.09. The molecular weight excluding hydrogens is 496 g/mol. The van der Waals surface area contributed by atoms with Gasteiger partial charge in [-0.05, 0) is 60.9 Å². The molecule has 1 aromatic heterocycles. The zero-order valence-corrected chi connectivity index (χ0v) is 22.5. The number of benzene rings is 2. The summed E-state index contributed by atoms with van der Waals surface area (Å²) in [4.78, 5) is 24.3. The number of nitriles is 1. The van der Waals surface area contributed by atoms with E-state index >= 15 is 0 Å². The van der Waals surface area contributed by atoms with Gasteiger partial charge in [0.25, 0.3) is 0 Å². The molecule has 0 spiro atoms. The first-order valence-corrected chi connectivity index (χ1v) is 13.6. The van der Waals surface area contributed by atoms with Gasteiger partial charge in [-0.15, -0.1) is 0 Å². The first kappa shape index (κ1) is 24.9. The fourth-order valence-electron chi connectivity index (χ4n) is 5.82. The number of aromatic nitrogens is 1. The van der Waals surface area contributed by atoms with Crippen LogP contribution in [0.1, 0.15) is 25.1 Å². The van der Waals surface area contributed by atoms with Gasteiger partial charge >= 0.3 is 0 Å². The highest BCUT2D eigenvalue weighted by Gasteiger charge is 2.45. The van der Waals surface area contributed by atoms with Crippen LogP contribution in [0.5, 0.6) is 0 Å². The van der Waals surface area contributed by atoms with Crippen LogP contribution in [0.2, 0.25) is 5.02 Å². The summed E-state index contributed by atoms with van der Waals surface area (Å²) in [5.74, 6) is 0.698. The Labute approximate surface area is 228 Å². The molecule has 0 bridgehead atoms. The Kier molecular flexibility index (Phi) is 6.35. The monoisotopic (exact) mass is 526 g/mol. The average molecular weight is 527 g/mol. The van der Waals surface area contributed by atoms with Gasteiger partial charge in [0.2, 0.25) is 5.91 Å². The molecule has 8 heteroatoms. The Morgan fingerprint density at radius 3 is 2.45 bits per heavy atom. The van der Waals surface area contributed by atoms with E-state index in [2.05, 4.69) is 56.5 Å². The Hall–Kier alpha value is -3.44. The minimum Gasteiger partial charge on any atom is -0.371 e. The van der Waals surface area contributed by atoms with Gasteiger partial charge in [0.05, 0.1) is 28.0 Å². The molecule has 4 heterocycles. The maximum Gasteiger partial charge on any atom is 0.241 e. The molecule has 1 N–H and O–H groups in total. The highest BCUT2D eigenvalue weighted by Crippen LogP contribution is 2.47. The molecule has 2 fully saturated rings. The lowest BCUT2D eigenvalue weighted by atomic mass is 9.84. The number of amides is 1. The van der Waals surface area contributed by atoms with Crippen molar-refractivity contribution in [2.45, 2.75) is 19.3 Å². The van der Waals surface area contributed by atoms with E-state index in [1.54, 1.807) is 11.0 Å². The molecule has 0 unspecified atom stereocenters. The van der Waals surface area contributed by atoms with E-state index in [4.69, 9.17) is 16.9 Å². The van der Waals surface area contributed by atoms with Crippen LogP contribution in [0.15, 0.2) is 54.7 Å². The maximum absolute atomic E-state index is 13.5. The summed E-state index contributed by atoms with van der Waals surface area (Å²) in [5.41, 5.74) is 5.25. The fraction of sp³-hybridized carbons (Fsp3) is 0.367. The Morgan fingerprint density at radius 1 is 1.05 bits per heavy atom. The van der Waals surface area contributed by atoms with Gasteiger partial charge in [-0.3, -0.25) is 9.69 Å². The normalized spacial score (nSPS) is 19.3. The number of rotatable bonds is 5. The number of nitrogens with zero attached hydrogens (tertiary/aromatic N) is 5. The topological polar surface area (TPSA) is 75.5 Å². The van der Waals surface area contributed by atoms with Crippen LogP contribution in [0.25, 0.3) is 11.1 Å². The van der Waals surface area contributed by atoms with Crippen LogP contribution < -0.4 is 15.1 Å². The van der Waals surface area contributed by atoms with Crippen molar-refractivity contribution in [2.75, 3.05) is 55.6 Å². The summed E-state index contributed by atoms with van der Waals surface area (Å²) in [5, 5.41) is 12.8. The molecule has 0 atom stereocenters. The quantitative estimate of drug-likeness (QED) is 0.525. The number of carbonyl (C=O) groups excluding carboxylic acids is 1. The zero-order valence-electron chi connectivity index (χ0n) is 21.7. The van der Waals surface area contributed by atoms with E-state index in [1.807, 2.05) is 26.0 Å². The number of anilines is 3. The van der Waals surface area contributed by atoms with E-state index in [0.717, 1.165) is 67.6 Å². The smallest absolute Gasteiger partial charge is 0.241 e. The lowest BCUT2D eigenvalue weighted by Gasteiger charge is -2.44. The van der Waals surface area contributed by atoms with E-state index in [1.165, 1.54) is 18.4 Å². The van der Waals surface area contributed by atoms with Crippen LogP contribution in [0.4, 0.5) is 17.1 Å². The highest BCUT2D eigenvalue weighted by molar-refractivity contribution is 6.32. The number of piperazine rings is 1. The van der Waals surface area contributed by atoms with Crippen LogP contribution in [-0.2, 0) is 10.2 Å². The maximum atomic E-state index is 13.5. The highest BCUT2D eigenvalue weighted by atomic mass is 35.5. The summed E-state index contributed by atoms with van der Waals surface area (Å²) in [6, 6.07) is 18.5. The lowest BCUT2D eigenvalue weighted by Crippen LogP contribution is -2.54. The van der Waals surface area contributed by atoms with Crippen LogP contribution in [0.3, 0.4) is 0 Å². The zero-order chi connectivity index (χ0) is 26.4. The fourth-order valence-corrected chi connectivity index (χ4v) is 6.03. The number of hydrogen-bond donors (Lipinski definition) is 1. The molecule has 3 aromatic rings. The number of nitrogens with one attached hydrogen (secondary N) is 1. The molecule has 2 aromatic carbocycles. The number of carbonyl (C=O) groups is 1. The van der Waals surface area contributed by atoms with Gasteiger partial charge in [-0.1, -0.05) is 29.8 Å². The van der Waals surface area contributed by atoms with Crippen LogP contribution >= 0.6 is 11.6 Å². The average Bonchev–Trinajstić information content (AvgIpc) is 3.11. The van der Waals surface area contributed by atoms with Crippen molar-refractivity contribution in [3.05, 3.63) is 71.0 Å². The minimum atomic E-state index is -0.706. The number of halogens is 1. The molecule has 38 heavy (non-hydrogen) atoms. The van der Waals surface area contributed by atoms with Gasteiger partial charge in [0, 0.05) is 57.4 Å². The van der Waals surface area contributed by atoms with Crippen molar-refractivity contribution < 1.29 is 4.79 Å². The SMILES string of the molecule is CC1(C)C(=O)N(c2cnc(C#N)c(Cl)c2)c2ccc(-c3ccc(N4CC(CN5CCNCC5)C4)cc3)cc21. The van der Waals surface area contributed by atoms with Crippen LogP contribution in [0, 0.1) is 17.2 Å². The molecule has 6 rings (SSSR count). The summed E-state index contributed by atoms with van der Waals surface area (Å²) >= 11 is 6.23. The Bertz CT molecular complexity index is 1420. The lowest BCUT2D eigenvalue weighted by molar-refractivity contribution is -0.121. The van der Waals surface area contributed by atoms with Gasteiger partial charge in [-0.2, -0.15) is 5.26 Å². The first-order valence-electron chi connectivity index (χ1n) is 13.2. The second-order valence-corrected chi connectivity index (χ2v) is 11.4. The largest absolute Gasteiger partial charge is 0.371 e. The van der Waals surface area contributed by atoms with Crippen molar-refractivity contribution in [3.63, 3.8) is 0 Å². The van der Waals surface area contributed by atoms with Crippen molar-refractivity contribution in [1.82, 2.24) is 15.2 Å². The summed E-state index contributed by atoms with van der Waals surface area (Å²) in [6.45, 7) is 11.8. The number of hydrogen-bond acceptors (Lipinski definition) is 6. The molecule has 194 valence electrons. The van der Waals surface area contributed by atoms with Gasteiger partial charge in [0.1, 0.15) is 6.07 Å². The van der Waals surface area contributed by atoms with Crippen LogP contribution in [-0.4, -0.2) is 61.6 Å². The van der Waals surface area contributed by atoms with E-state index in [9.17, 15) is 4.79 Å². The van der Waals surface area contributed by atoms with Crippen molar-refractivity contribution in [2.24, 2.45) is 5.92 Å². The van der Waals surface area contributed by atoms with E-state index < -0.39 is 5.41 Å². The Balaban J connectivity index is 1.19. The molecule has 0 radical (unpaired) electrons. The number of fused-ring (bicyclic) bond motifs is 1. The molecule has 2 saturated heterocycles. The predicted octanol–water partition coefficient (Wildman–Crippen LogP) is 4.57. The summed E-state index contributed by atoms with van der Waals surface area (Å²) < 4.78 is 0. The standard InChI is InChI=1S/C30H31ClN6O/c1-30(2)25-13-22(5-8-28(25)37(29(30)38)24-14-26(31)27(15-32)34-16-24)21-3-6-23(7-4-21)36-18-20(19-36)17-35-11-9-33-10-12-35/h3-8,13-14,16,20,33H,9-12,17-19H2,1-2H3. The molecule has 3 aliphatic rings. The second kappa shape index (κ2) is 9.70. The van der Waals surface area contributed by atoms with Gasteiger partial charge < -0.3 is 15.1 Å². The molecule has 1 amide bonds. The third kappa shape index (κ3) is 4.33. The molecule has 3 aliphatic heterocycles. The second-order valence-electron chi connectivity index (χ2n) is 11.0. The van der Waals surface area contributed by atoms with E-state index in [0.29, 0.717) is 5.69 Å². The third-order valence-corrected chi connectivity index (χ3v) is 8.38. The summed E-state index contributed by atoms with van der Waals surface area (Å²) in [6.07, 6.45) is 1.53. The molecule has 0 aliphatic carbocycles. The Morgan fingerprint density at radius 2 is 1.76 bits per heavy atom. The first-order chi connectivity index (χ1) is 18.3. The van der Waals surface area contributed by atoms with Gasteiger partial charge in [0.15, 0.2) is 5.69 Å². The molecular formula is C30H31ClN6O. The minimum absolute atomic E-state index is 0.0456. The predicted molar refractivity (Wildman–Crippen MR) is 151 cm³/mol. The van der Waals surface area contributed by atoms with Crippen molar-refractivity contribution in [1.29, 1.82) is 5.26 Å². The van der Waals surface area contributed by atoms with Gasteiger partial charge in [-0.25, -0.2) is 4.98 Å².